The Morgan fingerprint density at radius 2 is 0.921 bits per heavy atom. The maximum atomic E-state index is 6.36. The topological polar surface area (TPSA) is 74.6 Å². The number of furan rings is 1. The first-order valence-electron chi connectivity index (χ1n) is 21.1. The molecular formula is C56H34N6O. The van der Waals surface area contributed by atoms with Gasteiger partial charge in [-0.2, -0.15) is 9.97 Å². The number of hydrogen-bond donors (Lipinski definition) is 0. The summed E-state index contributed by atoms with van der Waals surface area (Å²) >= 11 is 0. The minimum atomic E-state index is 0.523. The fourth-order valence-electron chi connectivity index (χ4n) is 9.32. The highest BCUT2D eigenvalue weighted by Gasteiger charge is 2.24. The number of aromatic nitrogens is 6. The van der Waals surface area contributed by atoms with Crippen molar-refractivity contribution in [1.29, 1.82) is 0 Å². The molecular weight excluding hydrogens is 773 g/mol. The highest BCUT2D eigenvalue weighted by molar-refractivity contribution is 6.26. The predicted octanol–water partition coefficient (Wildman–Crippen LogP) is 14.0. The Morgan fingerprint density at radius 3 is 1.68 bits per heavy atom. The molecule has 13 rings (SSSR count). The molecule has 0 amide bonds. The second-order valence-electron chi connectivity index (χ2n) is 15.9. The van der Waals surface area contributed by atoms with Gasteiger partial charge >= 0.3 is 0 Å². The van der Waals surface area contributed by atoms with E-state index in [9.17, 15) is 0 Å². The molecule has 0 N–H and O–H groups in total. The van der Waals surface area contributed by atoms with Crippen molar-refractivity contribution in [2.24, 2.45) is 0 Å². The van der Waals surface area contributed by atoms with Crippen LogP contribution in [0.3, 0.4) is 0 Å². The monoisotopic (exact) mass is 806 g/mol. The lowest BCUT2D eigenvalue weighted by Gasteiger charge is -2.13. The Bertz CT molecular complexity index is 3850. The van der Waals surface area contributed by atoms with Gasteiger partial charge in [-0.05, 0) is 59.7 Å². The number of rotatable bonds is 6. The van der Waals surface area contributed by atoms with E-state index in [0.29, 0.717) is 17.6 Å². The van der Waals surface area contributed by atoms with Gasteiger partial charge in [-0.25, -0.2) is 9.97 Å². The number of hydrogen-bond acceptors (Lipinski definition) is 5. The minimum absolute atomic E-state index is 0.523. The molecule has 294 valence electrons. The van der Waals surface area contributed by atoms with Gasteiger partial charge in [0.25, 0.3) is 0 Å². The molecule has 7 heteroatoms. The van der Waals surface area contributed by atoms with Crippen LogP contribution < -0.4 is 0 Å². The van der Waals surface area contributed by atoms with E-state index in [1.54, 1.807) is 0 Å². The van der Waals surface area contributed by atoms with E-state index in [2.05, 4.69) is 155 Å². The molecule has 0 aliphatic heterocycles. The lowest BCUT2D eigenvalue weighted by atomic mass is 10.0. The molecule has 0 bridgehead atoms. The first-order valence-corrected chi connectivity index (χ1v) is 21.1. The van der Waals surface area contributed by atoms with Crippen LogP contribution >= 0.6 is 0 Å². The number of benzene rings is 8. The number of para-hydroxylation sites is 3. The summed E-state index contributed by atoms with van der Waals surface area (Å²) < 4.78 is 10.9. The summed E-state index contributed by atoms with van der Waals surface area (Å²) in [7, 11) is 0. The van der Waals surface area contributed by atoms with Crippen molar-refractivity contribution in [1.82, 2.24) is 29.1 Å². The highest BCUT2D eigenvalue weighted by Crippen LogP contribution is 2.43. The van der Waals surface area contributed by atoms with Crippen LogP contribution in [0.1, 0.15) is 0 Å². The molecule has 5 heterocycles. The maximum Gasteiger partial charge on any atom is 0.238 e. The van der Waals surface area contributed by atoms with Gasteiger partial charge < -0.3 is 4.42 Å². The fraction of sp³-hybridized carbons (Fsp3) is 0. The smallest absolute Gasteiger partial charge is 0.238 e. The van der Waals surface area contributed by atoms with Crippen molar-refractivity contribution in [3.05, 3.63) is 206 Å². The summed E-state index contributed by atoms with van der Waals surface area (Å²) in [6, 6.07) is 71.4. The van der Waals surface area contributed by atoms with Crippen LogP contribution in [0.2, 0.25) is 0 Å². The van der Waals surface area contributed by atoms with Crippen molar-refractivity contribution in [3.8, 4) is 56.9 Å². The number of pyridine rings is 1. The molecule has 63 heavy (non-hydrogen) atoms. The summed E-state index contributed by atoms with van der Waals surface area (Å²) in [4.78, 5) is 21.2. The lowest BCUT2D eigenvalue weighted by molar-refractivity contribution is 0.669. The first-order chi connectivity index (χ1) is 31.2. The largest absolute Gasteiger partial charge is 0.456 e. The molecule has 0 fully saturated rings. The molecule has 0 aliphatic rings. The summed E-state index contributed by atoms with van der Waals surface area (Å²) in [6.07, 6.45) is 0. The molecule has 5 aromatic heterocycles. The Kier molecular flexibility index (Phi) is 7.77. The zero-order chi connectivity index (χ0) is 41.4. The fourth-order valence-corrected chi connectivity index (χ4v) is 9.32. The number of fused-ring (bicyclic) bond motifs is 10. The van der Waals surface area contributed by atoms with E-state index >= 15 is 0 Å². The molecule has 8 aromatic carbocycles. The van der Waals surface area contributed by atoms with Crippen molar-refractivity contribution in [2.75, 3.05) is 0 Å². The Balaban J connectivity index is 1.11. The van der Waals surface area contributed by atoms with Crippen LogP contribution in [-0.2, 0) is 0 Å². The third-order valence-corrected chi connectivity index (χ3v) is 12.2. The van der Waals surface area contributed by atoms with Gasteiger partial charge in [0.1, 0.15) is 17.0 Å². The van der Waals surface area contributed by atoms with Gasteiger partial charge in [0.05, 0.1) is 27.8 Å². The molecule has 0 saturated heterocycles. The van der Waals surface area contributed by atoms with E-state index in [-0.39, 0.29) is 0 Å². The molecule has 0 saturated carbocycles. The Hall–Kier alpha value is -8.68. The molecule has 7 nitrogen and oxygen atoms in total. The predicted molar refractivity (Wildman–Crippen MR) is 255 cm³/mol. The standard InChI is InChI=1S/C56H34N6O/c1-4-16-35(17-5-1)39-32-45(36-18-6-2-7-19-36)57-51(34-39)61-47-26-14-11-24-44(47)52-48(61)31-30-43-40-22-10-13-25-46(40)62(53(43)52)56-59-54(37-20-8-3-9-21-37)58-55(60-56)38-28-29-42-41-23-12-15-27-49(41)63-50(42)33-38/h1-34H. The van der Waals surface area contributed by atoms with Crippen LogP contribution in [0.15, 0.2) is 211 Å². The molecule has 13 aromatic rings. The summed E-state index contributed by atoms with van der Waals surface area (Å²) in [5, 5.41) is 6.51. The Morgan fingerprint density at radius 1 is 0.333 bits per heavy atom. The van der Waals surface area contributed by atoms with E-state index in [0.717, 1.165) is 105 Å². The highest BCUT2D eigenvalue weighted by atomic mass is 16.3. The maximum absolute atomic E-state index is 6.36. The van der Waals surface area contributed by atoms with Crippen molar-refractivity contribution < 1.29 is 4.42 Å². The quantitative estimate of drug-likeness (QED) is 0.167. The van der Waals surface area contributed by atoms with Crippen molar-refractivity contribution in [3.63, 3.8) is 0 Å². The molecule has 0 atom stereocenters. The molecule has 0 unspecified atom stereocenters. The molecule has 0 aliphatic carbocycles. The van der Waals surface area contributed by atoms with E-state index in [1.807, 2.05) is 60.7 Å². The zero-order valence-electron chi connectivity index (χ0n) is 33.7. The average Bonchev–Trinajstić information content (AvgIpc) is 4.02. The second kappa shape index (κ2) is 13.9. The van der Waals surface area contributed by atoms with Gasteiger partial charge in [-0.3, -0.25) is 9.13 Å². The summed E-state index contributed by atoms with van der Waals surface area (Å²) in [5.41, 5.74) is 11.6. The third-order valence-electron chi connectivity index (χ3n) is 12.2. The van der Waals surface area contributed by atoms with Crippen LogP contribution in [0, 0.1) is 0 Å². The number of nitrogens with zero attached hydrogens (tertiary/aromatic N) is 6. The third kappa shape index (κ3) is 5.60. The molecule has 0 spiro atoms. The van der Waals surface area contributed by atoms with Crippen LogP contribution in [0.4, 0.5) is 0 Å². The van der Waals surface area contributed by atoms with Crippen LogP contribution in [0.25, 0.3) is 122 Å². The zero-order valence-corrected chi connectivity index (χ0v) is 33.7. The van der Waals surface area contributed by atoms with Gasteiger partial charge in [0, 0.05) is 49.0 Å². The van der Waals surface area contributed by atoms with E-state index in [4.69, 9.17) is 24.4 Å². The minimum Gasteiger partial charge on any atom is -0.456 e. The van der Waals surface area contributed by atoms with Crippen LogP contribution in [0.5, 0.6) is 0 Å². The van der Waals surface area contributed by atoms with Gasteiger partial charge in [0.15, 0.2) is 11.6 Å². The van der Waals surface area contributed by atoms with Gasteiger partial charge in [0.2, 0.25) is 5.95 Å². The Labute approximate surface area is 360 Å². The van der Waals surface area contributed by atoms with Crippen molar-refractivity contribution >= 4 is 65.6 Å². The first kappa shape index (κ1) is 35.1. The van der Waals surface area contributed by atoms with Crippen molar-refractivity contribution in [2.45, 2.75) is 0 Å². The second-order valence-corrected chi connectivity index (χ2v) is 15.9. The van der Waals surface area contributed by atoms with Crippen LogP contribution in [-0.4, -0.2) is 29.1 Å². The van der Waals surface area contributed by atoms with E-state index in [1.165, 1.54) is 0 Å². The molecule has 0 radical (unpaired) electrons. The van der Waals surface area contributed by atoms with Gasteiger partial charge in [-0.1, -0.05) is 158 Å². The van der Waals surface area contributed by atoms with Gasteiger partial charge in [-0.15, -0.1) is 0 Å². The lowest BCUT2D eigenvalue weighted by Crippen LogP contribution is -2.06. The summed E-state index contributed by atoms with van der Waals surface area (Å²) in [6.45, 7) is 0. The summed E-state index contributed by atoms with van der Waals surface area (Å²) in [5.74, 6) is 2.49. The van der Waals surface area contributed by atoms with E-state index < -0.39 is 0 Å². The normalized spacial score (nSPS) is 11.8. The SMILES string of the molecule is c1ccc(-c2cc(-c3ccccc3)nc(-n3c4ccccc4c4c3ccc3c5ccccc5n(-c5nc(-c6ccccc6)nc(-c6ccc7c(c6)oc6ccccc67)n5)c34)c2)cc1. The average molecular weight is 807 g/mol.